The van der Waals surface area contributed by atoms with Gasteiger partial charge in [-0.1, -0.05) is 11.8 Å². The predicted molar refractivity (Wildman–Crippen MR) is 74.0 cm³/mol. The highest BCUT2D eigenvalue weighted by Gasteiger charge is 2.17. The van der Waals surface area contributed by atoms with E-state index in [1.807, 2.05) is 12.1 Å². The molecule has 1 aliphatic heterocycles. The number of nitrogens with two attached hydrogens (primary N) is 1. The molecular weight excluding hydrogens is 260 g/mol. The number of nitrogen functional groups attached to an aromatic ring is 1. The number of nitrogens with one attached hydrogen (secondary N) is 1. The highest BCUT2D eigenvalue weighted by molar-refractivity contribution is 7.99. The van der Waals surface area contributed by atoms with Crippen molar-refractivity contribution >= 4 is 29.0 Å². The van der Waals surface area contributed by atoms with Crippen LogP contribution in [0.15, 0.2) is 40.6 Å². The maximum Gasteiger partial charge on any atom is 0.224 e. The van der Waals surface area contributed by atoms with Gasteiger partial charge in [0.1, 0.15) is 5.03 Å². The molecule has 6 heteroatoms. The molecular formula is C13H12N4OS. The molecule has 1 aromatic heterocycles. The number of aryl methyl sites for hydroxylation is 1. The minimum absolute atomic E-state index is 0.0428. The number of amides is 1. The molecule has 3 N–H and O–H groups in total. The Kier molecular flexibility index (Phi) is 3.08. The van der Waals surface area contributed by atoms with Crippen LogP contribution >= 0.6 is 11.8 Å². The largest absolute Gasteiger partial charge is 0.398 e. The Hall–Kier alpha value is -2.08. The molecule has 1 aromatic carbocycles. The number of aromatic nitrogens is 2. The smallest absolute Gasteiger partial charge is 0.224 e. The van der Waals surface area contributed by atoms with Gasteiger partial charge in [-0.25, -0.2) is 4.98 Å². The average Bonchev–Trinajstić information content (AvgIpc) is 2.41. The second-order valence-corrected chi connectivity index (χ2v) is 5.30. The predicted octanol–water partition coefficient (Wildman–Crippen LogP) is 2.09. The van der Waals surface area contributed by atoms with Gasteiger partial charge in [0, 0.05) is 35.1 Å². The molecule has 2 aromatic rings. The lowest BCUT2D eigenvalue weighted by molar-refractivity contribution is -0.116. The number of benzene rings is 1. The summed E-state index contributed by atoms with van der Waals surface area (Å²) in [6.45, 7) is 0. The standard InChI is InChI=1S/C13H12N4OS/c14-9-6-10-8(1-2-12(18)17-10)5-11(9)19-13-7-15-3-4-16-13/h3-7H,1-2,14H2,(H,17,18). The van der Waals surface area contributed by atoms with Crippen molar-refractivity contribution < 1.29 is 4.79 Å². The number of carbonyl (C=O) groups excluding carboxylic acids is 1. The first kappa shape index (κ1) is 12.0. The van der Waals surface area contributed by atoms with Gasteiger partial charge in [0.2, 0.25) is 5.91 Å². The highest BCUT2D eigenvalue weighted by Crippen LogP contribution is 2.36. The Balaban J connectivity index is 1.93. The lowest BCUT2D eigenvalue weighted by Gasteiger charge is -2.18. The third kappa shape index (κ3) is 2.53. The molecule has 0 atom stereocenters. The molecule has 0 aliphatic carbocycles. The summed E-state index contributed by atoms with van der Waals surface area (Å²) in [7, 11) is 0. The van der Waals surface area contributed by atoms with Gasteiger partial charge in [-0.2, -0.15) is 0 Å². The molecule has 96 valence electrons. The second-order valence-electron chi connectivity index (χ2n) is 4.24. The Labute approximate surface area is 114 Å². The zero-order valence-corrected chi connectivity index (χ0v) is 10.9. The number of carbonyl (C=O) groups is 1. The third-order valence-corrected chi connectivity index (χ3v) is 3.88. The van der Waals surface area contributed by atoms with Crippen LogP contribution in [0.3, 0.4) is 0 Å². The van der Waals surface area contributed by atoms with Gasteiger partial charge in [-0.3, -0.25) is 9.78 Å². The van der Waals surface area contributed by atoms with Crippen LogP contribution < -0.4 is 11.1 Å². The summed E-state index contributed by atoms with van der Waals surface area (Å²) in [6.07, 6.45) is 6.25. The van der Waals surface area contributed by atoms with E-state index in [0.29, 0.717) is 12.1 Å². The molecule has 1 amide bonds. The van der Waals surface area contributed by atoms with Gasteiger partial charge < -0.3 is 11.1 Å². The molecule has 0 spiro atoms. The van der Waals surface area contributed by atoms with Gasteiger partial charge in [0.25, 0.3) is 0 Å². The SMILES string of the molecule is Nc1cc2c(cc1Sc1cnccn1)CCC(=O)N2. The first-order valence-electron chi connectivity index (χ1n) is 5.88. The lowest BCUT2D eigenvalue weighted by Crippen LogP contribution is -2.19. The normalized spacial score (nSPS) is 13.8. The maximum atomic E-state index is 11.3. The van der Waals surface area contributed by atoms with Crippen LogP contribution in [0.2, 0.25) is 0 Å². The number of anilines is 2. The monoisotopic (exact) mass is 272 g/mol. The highest BCUT2D eigenvalue weighted by atomic mass is 32.2. The van der Waals surface area contributed by atoms with E-state index in [1.54, 1.807) is 18.6 Å². The summed E-state index contributed by atoms with van der Waals surface area (Å²) in [5.74, 6) is 0.0428. The van der Waals surface area contributed by atoms with E-state index in [4.69, 9.17) is 5.73 Å². The molecule has 1 aliphatic rings. The molecule has 0 saturated heterocycles. The summed E-state index contributed by atoms with van der Waals surface area (Å²) in [6, 6.07) is 3.83. The van der Waals surface area contributed by atoms with E-state index in [-0.39, 0.29) is 5.91 Å². The summed E-state index contributed by atoms with van der Waals surface area (Å²) in [4.78, 5) is 20.5. The van der Waals surface area contributed by atoms with Gasteiger partial charge in [0.05, 0.1) is 6.20 Å². The third-order valence-electron chi connectivity index (χ3n) is 2.89. The van der Waals surface area contributed by atoms with Gasteiger partial charge in [-0.15, -0.1) is 0 Å². The van der Waals surface area contributed by atoms with Crippen molar-refractivity contribution in [2.24, 2.45) is 0 Å². The Bertz CT molecular complexity index is 630. The van der Waals surface area contributed by atoms with E-state index in [0.717, 1.165) is 27.6 Å². The second kappa shape index (κ2) is 4.89. The summed E-state index contributed by atoms with van der Waals surface area (Å²) in [5, 5.41) is 3.64. The molecule has 0 unspecified atom stereocenters. The number of hydrogen-bond donors (Lipinski definition) is 2. The van der Waals surface area contributed by atoms with Crippen molar-refractivity contribution in [1.82, 2.24) is 9.97 Å². The van der Waals surface area contributed by atoms with E-state index >= 15 is 0 Å². The van der Waals surface area contributed by atoms with Crippen LogP contribution in [0.5, 0.6) is 0 Å². The van der Waals surface area contributed by atoms with Crippen molar-refractivity contribution in [3.8, 4) is 0 Å². The van der Waals surface area contributed by atoms with Crippen LogP contribution in [-0.4, -0.2) is 15.9 Å². The minimum Gasteiger partial charge on any atom is -0.398 e. The summed E-state index contributed by atoms with van der Waals surface area (Å²) >= 11 is 1.48. The zero-order chi connectivity index (χ0) is 13.2. The fraction of sp³-hybridized carbons (Fsp3) is 0.154. The summed E-state index contributed by atoms with van der Waals surface area (Å²) < 4.78 is 0. The molecule has 0 saturated carbocycles. The Morgan fingerprint density at radius 1 is 1.26 bits per heavy atom. The Morgan fingerprint density at radius 3 is 2.95 bits per heavy atom. The fourth-order valence-corrected chi connectivity index (χ4v) is 2.79. The number of hydrogen-bond acceptors (Lipinski definition) is 5. The van der Waals surface area contributed by atoms with E-state index in [1.165, 1.54) is 11.8 Å². The average molecular weight is 272 g/mol. The molecule has 0 fully saturated rings. The number of nitrogens with zero attached hydrogens (tertiary/aromatic N) is 2. The van der Waals surface area contributed by atoms with Gasteiger partial charge in [0.15, 0.2) is 0 Å². The van der Waals surface area contributed by atoms with Crippen LogP contribution in [-0.2, 0) is 11.2 Å². The zero-order valence-electron chi connectivity index (χ0n) is 10.1. The molecule has 2 heterocycles. The van der Waals surface area contributed by atoms with Gasteiger partial charge >= 0.3 is 0 Å². The van der Waals surface area contributed by atoms with Crippen molar-refractivity contribution in [2.45, 2.75) is 22.8 Å². The van der Waals surface area contributed by atoms with Crippen molar-refractivity contribution in [3.63, 3.8) is 0 Å². The molecule has 0 bridgehead atoms. The number of rotatable bonds is 2. The van der Waals surface area contributed by atoms with Crippen LogP contribution in [0.4, 0.5) is 11.4 Å². The minimum atomic E-state index is 0.0428. The quantitative estimate of drug-likeness (QED) is 0.818. The number of fused-ring (bicyclic) bond motifs is 1. The molecule has 3 rings (SSSR count). The van der Waals surface area contributed by atoms with E-state index < -0.39 is 0 Å². The van der Waals surface area contributed by atoms with Crippen molar-refractivity contribution in [1.29, 1.82) is 0 Å². The lowest BCUT2D eigenvalue weighted by atomic mass is 10.0. The maximum absolute atomic E-state index is 11.3. The molecule has 0 radical (unpaired) electrons. The Morgan fingerprint density at radius 2 is 2.16 bits per heavy atom. The molecule has 5 nitrogen and oxygen atoms in total. The van der Waals surface area contributed by atoms with Crippen LogP contribution in [0.1, 0.15) is 12.0 Å². The van der Waals surface area contributed by atoms with E-state index in [9.17, 15) is 4.79 Å². The van der Waals surface area contributed by atoms with E-state index in [2.05, 4.69) is 15.3 Å². The van der Waals surface area contributed by atoms with Crippen molar-refractivity contribution in [3.05, 3.63) is 36.3 Å². The first-order valence-corrected chi connectivity index (χ1v) is 6.70. The molecule has 19 heavy (non-hydrogen) atoms. The van der Waals surface area contributed by atoms with Crippen LogP contribution in [0, 0.1) is 0 Å². The summed E-state index contributed by atoms with van der Waals surface area (Å²) in [5.41, 5.74) is 8.58. The van der Waals surface area contributed by atoms with Crippen molar-refractivity contribution in [2.75, 3.05) is 11.1 Å². The first-order chi connectivity index (χ1) is 9.22. The van der Waals surface area contributed by atoms with Gasteiger partial charge in [-0.05, 0) is 24.1 Å². The topological polar surface area (TPSA) is 80.9 Å². The fourth-order valence-electron chi connectivity index (χ4n) is 1.96. The van der Waals surface area contributed by atoms with Crippen LogP contribution in [0.25, 0.3) is 0 Å².